The maximum atomic E-state index is 3.57. The van der Waals surface area contributed by atoms with Crippen molar-refractivity contribution in [2.45, 2.75) is 52.0 Å². The molecule has 2 saturated carbocycles. The number of rotatable bonds is 4. The lowest BCUT2D eigenvalue weighted by Crippen LogP contribution is -2.23. The fourth-order valence-electron chi connectivity index (χ4n) is 4.50. The predicted octanol–water partition coefficient (Wildman–Crippen LogP) is 4.39. The Morgan fingerprint density at radius 3 is 2.68 bits per heavy atom. The zero-order valence-corrected chi connectivity index (χ0v) is 12.6. The Bertz CT molecular complexity index is 451. The number of benzene rings is 1. The summed E-state index contributed by atoms with van der Waals surface area (Å²) < 4.78 is 0. The van der Waals surface area contributed by atoms with Crippen molar-refractivity contribution in [2.75, 3.05) is 7.05 Å². The molecule has 0 heterocycles. The second kappa shape index (κ2) is 5.28. The van der Waals surface area contributed by atoms with Crippen molar-refractivity contribution in [3.05, 3.63) is 34.9 Å². The van der Waals surface area contributed by atoms with Crippen molar-refractivity contribution in [1.82, 2.24) is 5.32 Å². The third kappa shape index (κ3) is 2.58. The average molecular weight is 257 g/mol. The Morgan fingerprint density at radius 1 is 1.21 bits per heavy atom. The molecule has 4 atom stereocenters. The van der Waals surface area contributed by atoms with Crippen LogP contribution < -0.4 is 5.32 Å². The molecule has 19 heavy (non-hydrogen) atoms. The van der Waals surface area contributed by atoms with Crippen molar-refractivity contribution in [3.63, 3.8) is 0 Å². The van der Waals surface area contributed by atoms with Crippen molar-refractivity contribution < 1.29 is 0 Å². The van der Waals surface area contributed by atoms with Crippen molar-refractivity contribution in [2.24, 2.45) is 17.8 Å². The van der Waals surface area contributed by atoms with Gasteiger partial charge < -0.3 is 5.32 Å². The minimum atomic E-state index is 0.546. The molecular weight excluding hydrogens is 230 g/mol. The first-order chi connectivity index (χ1) is 9.17. The fraction of sp³-hybridized carbons (Fsp3) is 0.667. The molecule has 1 nitrogen and oxygen atoms in total. The SMILES string of the molecule is CNC(CC1CC2CCC1C2)c1cc(C)ccc1C. The van der Waals surface area contributed by atoms with E-state index in [0.29, 0.717) is 6.04 Å². The van der Waals surface area contributed by atoms with Gasteiger partial charge in [-0.25, -0.2) is 0 Å². The molecule has 0 radical (unpaired) electrons. The lowest BCUT2D eigenvalue weighted by atomic mass is 9.82. The summed E-state index contributed by atoms with van der Waals surface area (Å²) in [5.74, 6) is 3.06. The van der Waals surface area contributed by atoms with Crippen LogP contribution in [0.5, 0.6) is 0 Å². The van der Waals surface area contributed by atoms with Crippen LogP contribution >= 0.6 is 0 Å². The van der Waals surface area contributed by atoms with Gasteiger partial charge in [-0.05, 0) is 75.5 Å². The van der Waals surface area contributed by atoms with E-state index in [1.807, 2.05) is 0 Å². The molecule has 3 rings (SSSR count). The van der Waals surface area contributed by atoms with Crippen LogP contribution in [-0.4, -0.2) is 7.05 Å². The van der Waals surface area contributed by atoms with E-state index in [0.717, 1.165) is 17.8 Å². The predicted molar refractivity (Wildman–Crippen MR) is 81.3 cm³/mol. The minimum absolute atomic E-state index is 0.546. The molecule has 1 aromatic carbocycles. The van der Waals surface area contributed by atoms with Gasteiger partial charge >= 0.3 is 0 Å². The molecule has 0 saturated heterocycles. The van der Waals surface area contributed by atoms with Gasteiger partial charge in [-0.1, -0.05) is 30.2 Å². The molecule has 1 N–H and O–H groups in total. The summed E-state index contributed by atoms with van der Waals surface area (Å²) in [7, 11) is 2.12. The van der Waals surface area contributed by atoms with E-state index in [4.69, 9.17) is 0 Å². The van der Waals surface area contributed by atoms with Gasteiger partial charge in [0.2, 0.25) is 0 Å². The minimum Gasteiger partial charge on any atom is -0.313 e. The molecule has 2 bridgehead atoms. The van der Waals surface area contributed by atoms with E-state index >= 15 is 0 Å². The molecular formula is C18H27N. The van der Waals surface area contributed by atoms with Crippen molar-refractivity contribution in [1.29, 1.82) is 0 Å². The number of hydrogen-bond donors (Lipinski definition) is 1. The fourth-order valence-corrected chi connectivity index (χ4v) is 4.50. The molecule has 2 aliphatic carbocycles. The van der Waals surface area contributed by atoms with Crippen LogP contribution in [0.2, 0.25) is 0 Å². The van der Waals surface area contributed by atoms with Crippen LogP contribution in [0.25, 0.3) is 0 Å². The second-order valence-electron chi connectivity index (χ2n) is 6.87. The summed E-state index contributed by atoms with van der Waals surface area (Å²) in [6, 6.07) is 7.42. The Morgan fingerprint density at radius 2 is 2.05 bits per heavy atom. The van der Waals surface area contributed by atoms with Crippen molar-refractivity contribution >= 4 is 0 Å². The number of nitrogens with one attached hydrogen (secondary N) is 1. The Balaban J connectivity index is 1.75. The molecule has 1 aromatic rings. The third-order valence-electron chi connectivity index (χ3n) is 5.58. The lowest BCUT2D eigenvalue weighted by Gasteiger charge is -2.28. The Kier molecular flexibility index (Phi) is 3.66. The molecule has 0 aromatic heterocycles. The first kappa shape index (κ1) is 13.2. The molecule has 0 aliphatic heterocycles. The lowest BCUT2D eigenvalue weighted by molar-refractivity contribution is 0.284. The van der Waals surface area contributed by atoms with Gasteiger partial charge in [0, 0.05) is 6.04 Å². The topological polar surface area (TPSA) is 12.0 Å². The first-order valence-electron chi connectivity index (χ1n) is 7.91. The normalized spacial score (nSPS) is 30.8. The summed E-state index contributed by atoms with van der Waals surface area (Å²) in [5, 5.41) is 3.57. The van der Waals surface area contributed by atoms with Gasteiger partial charge in [0.25, 0.3) is 0 Å². The van der Waals surface area contributed by atoms with E-state index < -0.39 is 0 Å². The summed E-state index contributed by atoms with van der Waals surface area (Å²) >= 11 is 0. The van der Waals surface area contributed by atoms with Crippen LogP contribution in [0.1, 0.15) is 54.8 Å². The zero-order chi connectivity index (χ0) is 13.4. The van der Waals surface area contributed by atoms with E-state index in [-0.39, 0.29) is 0 Å². The Labute approximate surface area is 117 Å². The van der Waals surface area contributed by atoms with Crippen LogP contribution in [-0.2, 0) is 0 Å². The van der Waals surface area contributed by atoms with E-state index in [1.54, 1.807) is 0 Å². The largest absolute Gasteiger partial charge is 0.313 e. The van der Waals surface area contributed by atoms with E-state index in [1.165, 1.54) is 48.8 Å². The standard InChI is InChI=1S/C18H27N/c1-12-4-5-13(2)17(8-12)18(19-3)11-16-10-14-6-7-15(16)9-14/h4-5,8,14-16,18-19H,6-7,9-11H2,1-3H3. The molecule has 0 amide bonds. The number of fused-ring (bicyclic) bond motifs is 2. The third-order valence-corrected chi connectivity index (χ3v) is 5.58. The average Bonchev–Trinajstić information content (AvgIpc) is 3.01. The van der Waals surface area contributed by atoms with E-state index in [2.05, 4.69) is 44.4 Å². The van der Waals surface area contributed by atoms with Crippen molar-refractivity contribution in [3.8, 4) is 0 Å². The second-order valence-corrected chi connectivity index (χ2v) is 6.87. The van der Waals surface area contributed by atoms with Gasteiger partial charge in [0.1, 0.15) is 0 Å². The number of hydrogen-bond acceptors (Lipinski definition) is 1. The van der Waals surface area contributed by atoms with Crippen LogP contribution in [0, 0.1) is 31.6 Å². The summed E-state index contributed by atoms with van der Waals surface area (Å²) in [5.41, 5.74) is 4.34. The smallest absolute Gasteiger partial charge is 0.0322 e. The quantitative estimate of drug-likeness (QED) is 0.843. The molecule has 1 heteroatoms. The van der Waals surface area contributed by atoms with Crippen LogP contribution in [0.3, 0.4) is 0 Å². The highest BCUT2D eigenvalue weighted by molar-refractivity contribution is 5.33. The summed E-state index contributed by atoms with van der Waals surface area (Å²) in [4.78, 5) is 0. The van der Waals surface area contributed by atoms with Crippen LogP contribution in [0.4, 0.5) is 0 Å². The van der Waals surface area contributed by atoms with Gasteiger partial charge in [-0.15, -0.1) is 0 Å². The maximum absolute atomic E-state index is 3.57. The van der Waals surface area contributed by atoms with Crippen LogP contribution in [0.15, 0.2) is 18.2 Å². The molecule has 2 fully saturated rings. The highest BCUT2D eigenvalue weighted by atomic mass is 14.9. The zero-order valence-electron chi connectivity index (χ0n) is 12.6. The molecule has 2 aliphatic rings. The highest BCUT2D eigenvalue weighted by Crippen LogP contribution is 2.51. The van der Waals surface area contributed by atoms with Gasteiger partial charge in [-0.3, -0.25) is 0 Å². The maximum Gasteiger partial charge on any atom is 0.0322 e. The first-order valence-corrected chi connectivity index (χ1v) is 7.91. The highest BCUT2D eigenvalue weighted by Gasteiger charge is 2.40. The van der Waals surface area contributed by atoms with Gasteiger partial charge in [-0.2, -0.15) is 0 Å². The summed E-state index contributed by atoms with van der Waals surface area (Å²) in [6.07, 6.45) is 7.36. The van der Waals surface area contributed by atoms with Gasteiger partial charge in [0.15, 0.2) is 0 Å². The Hall–Kier alpha value is -0.820. The molecule has 4 unspecified atom stereocenters. The monoisotopic (exact) mass is 257 g/mol. The molecule has 0 spiro atoms. The van der Waals surface area contributed by atoms with E-state index in [9.17, 15) is 0 Å². The summed E-state index contributed by atoms with van der Waals surface area (Å²) in [6.45, 7) is 4.45. The molecule has 104 valence electrons. The number of aryl methyl sites for hydroxylation is 2. The van der Waals surface area contributed by atoms with Gasteiger partial charge in [0.05, 0.1) is 0 Å².